The van der Waals surface area contributed by atoms with Crippen LogP contribution in [0.25, 0.3) is 0 Å². The number of unbranched alkanes of at least 4 members (excludes halogenated alkanes) is 1. The van der Waals surface area contributed by atoms with Gasteiger partial charge >= 0.3 is 7.12 Å². The van der Waals surface area contributed by atoms with E-state index in [1.165, 1.54) is 0 Å². The van der Waals surface area contributed by atoms with Crippen LogP contribution in [0, 0.1) is 0 Å². The average molecular weight is 345 g/mol. The summed E-state index contributed by atoms with van der Waals surface area (Å²) in [5, 5.41) is 0.833. The maximum Gasteiger partial charge on any atom is 0.496 e. The average Bonchev–Trinajstić information content (AvgIpc) is 2.63. The molecule has 1 aromatic rings. The van der Waals surface area contributed by atoms with E-state index in [0.717, 1.165) is 18.3 Å². The highest BCUT2D eigenvalue weighted by Gasteiger charge is 2.52. The summed E-state index contributed by atoms with van der Waals surface area (Å²) in [6.07, 6.45) is 2.05. The number of halogens is 2. The predicted molar refractivity (Wildman–Crippen MR) is 92.6 cm³/mol. The van der Waals surface area contributed by atoms with Crippen LogP contribution in [0.15, 0.2) is 12.1 Å². The minimum Gasteiger partial charge on any atom is -0.492 e. The zero-order valence-electron chi connectivity index (χ0n) is 13.8. The SMILES string of the molecule is CCCCOc1ccc(B2OC(C)(C)C(C)(C)O2)c(Cl)c1Cl. The fourth-order valence-corrected chi connectivity index (χ4v) is 2.61. The van der Waals surface area contributed by atoms with Crippen LogP contribution in [0.2, 0.25) is 10.0 Å². The van der Waals surface area contributed by atoms with Crippen LogP contribution in [0.1, 0.15) is 47.5 Å². The minimum atomic E-state index is -0.528. The van der Waals surface area contributed by atoms with Gasteiger partial charge < -0.3 is 14.0 Å². The molecule has 22 heavy (non-hydrogen) atoms. The summed E-state index contributed by atoms with van der Waals surface area (Å²) in [6, 6.07) is 3.68. The Hall–Kier alpha value is -0.415. The molecule has 1 heterocycles. The first kappa shape index (κ1) is 17.9. The third-order valence-corrected chi connectivity index (χ3v) is 5.22. The van der Waals surface area contributed by atoms with Gasteiger partial charge in [0.05, 0.1) is 22.8 Å². The Morgan fingerprint density at radius 1 is 1.05 bits per heavy atom. The van der Waals surface area contributed by atoms with Gasteiger partial charge in [0.1, 0.15) is 10.8 Å². The first-order chi connectivity index (χ1) is 10.2. The molecule has 0 unspecified atom stereocenters. The first-order valence-electron chi connectivity index (χ1n) is 7.66. The molecular weight excluding hydrogens is 322 g/mol. The maximum atomic E-state index is 6.41. The van der Waals surface area contributed by atoms with E-state index >= 15 is 0 Å². The second-order valence-electron chi connectivity index (χ2n) is 6.57. The Bertz CT molecular complexity index is 530. The molecule has 0 radical (unpaired) electrons. The van der Waals surface area contributed by atoms with Crippen molar-refractivity contribution >= 4 is 35.8 Å². The van der Waals surface area contributed by atoms with Crippen molar-refractivity contribution in [1.82, 2.24) is 0 Å². The van der Waals surface area contributed by atoms with Crippen molar-refractivity contribution in [2.24, 2.45) is 0 Å². The van der Waals surface area contributed by atoms with Gasteiger partial charge in [0.25, 0.3) is 0 Å². The maximum absolute atomic E-state index is 6.41. The van der Waals surface area contributed by atoms with Crippen molar-refractivity contribution in [2.45, 2.75) is 58.7 Å². The summed E-state index contributed by atoms with van der Waals surface area (Å²) >= 11 is 12.7. The standard InChI is InChI=1S/C16H23BCl2O3/c1-6-7-10-20-12-9-8-11(13(18)14(12)19)17-21-15(2,3)16(4,5)22-17/h8-9H,6-7,10H2,1-5H3. The second kappa shape index (κ2) is 6.60. The highest BCUT2D eigenvalue weighted by atomic mass is 35.5. The molecular formula is C16H23BCl2O3. The Morgan fingerprint density at radius 3 is 2.18 bits per heavy atom. The lowest BCUT2D eigenvalue weighted by Gasteiger charge is -2.32. The van der Waals surface area contributed by atoms with Crippen LogP contribution in [0.5, 0.6) is 5.75 Å². The van der Waals surface area contributed by atoms with Crippen molar-refractivity contribution in [3.8, 4) is 5.75 Å². The second-order valence-corrected chi connectivity index (χ2v) is 7.33. The number of rotatable bonds is 5. The van der Waals surface area contributed by atoms with Crippen molar-refractivity contribution < 1.29 is 14.0 Å². The van der Waals surface area contributed by atoms with E-state index in [1.807, 2.05) is 39.8 Å². The van der Waals surface area contributed by atoms with Crippen molar-refractivity contribution in [2.75, 3.05) is 6.61 Å². The molecule has 0 atom stereocenters. The Labute approximate surface area is 143 Å². The zero-order valence-corrected chi connectivity index (χ0v) is 15.3. The van der Waals surface area contributed by atoms with Crippen molar-refractivity contribution in [3.05, 3.63) is 22.2 Å². The van der Waals surface area contributed by atoms with E-state index < -0.39 is 18.3 Å². The molecule has 2 rings (SSSR count). The fourth-order valence-electron chi connectivity index (χ4n) is 2.14. The molecule has 6 heteroatoms. The van der Waals surface area contributed by atoms with Crippen molar-refractivity contribution in [3.63, 3.8) is 0 Å². The van der Waals surface area contributed by atoms with E-state index in [2.05, 4.69) is 6.92 Å². The van der Waals surface area contributed by atoms with Gasteiger partial charge in [0, 0.05) is 5.46 Å². The molecule has 0 N–H and O–H groups in total. The lowest BCUT2D eigenvalue weighted by atomic mass is 9.79. The summed E-state index contributed by atoms with van der Waals surface area (Å²) in [4.78, 5) is 0. The third-order valence-electron chi connectivity index (χ3n) is 4.34. The molecule has 0 bridgehead atoms. The Morgan fingerprint density at radius 2 is 1.64 bits per heavy atom. The largest absolute Gasteiger partial charge is 0.496 e. The molecule has 1 aliphatic rings. The molecule has 1 saturated heterocycles. The topological polar surface area (TPSA) is 27.7 Å². The Balaban J connectivity index is 2.22. The molecule has 0 aromatic heterocycles. The lowest BCUT2D eigenvalue weighted by Crippen LogP contribution is -2.41. The van der Waals surface area contributed by atoms with Crippen molar-refractivity contribution in [1.29, 1.82) is 0 Å². The van der Waals surface area contributed by atoms with Gasteiger partial charge in [0.15, 0.2) is 0 Å². The summed E-state index contributed by atoms with van der Waals surface area (Å²) in [5.41, 5.74) is -0.0961. The minimum absolute atomic E-state index is 0.407. The predicted octanol–water partition coefficient (Wildman–Crippen LogP) is 4.47. The molecule has 1 aromatic carbocycles. The third kappa shape index (κ3) is 3.40. The fraction of sp³-hybridized carbons (Fsp3) is 0.625. The lowest BCUT2D eigenvalue weighted by molar-refractivity contribution is 0.00578. The summed E-state index contributed by atoms with van der Waals surface area (Å²) in [7, 11) is -0.528. The molecule has 0 spiro atoms. The zero-order chi connectivity index (χ0) is 16.5. The number of benzene rings is 1. The molecule has 3 nitrogen and oxygen atoms in total. The highest BCUT2D eigenvalue weighted by Crippen LogP contribution is 2.38. The van der Waals surface area contributed by atoms with Crippen LogP contribution in [0.3, 0.4) is 0 Å². The van der Waals surface area contributed by atoms with E-state index in [0.29, 0.717) is 22.4 Å². The van der Waals surface area contributed by atoms with E-state index in [-0.39, 0.29) is 0 Å². The van der Waals surface area contributed by atoms with E-state index in [1.54, 1.807) is 0 Å². The van der Waals surface area contributed by atoms with Crippen LogP contribution in [-0.2, 0) is 9.31 Å². The number of hydrogen-bond donors (Lipinski definition) is 0. The normalized spacial score (nSPS) is 19.5. The monoisotopic (exact) mass is 344 g/mol. The first-order valence-corrected chi connectivity index (χ1v) is 8.41. The van der Waals surface area contributed by atoms with Gasteiger partial charge in [-0.05, 0) is 40.2 Å². The quantitative estimate of drug-likeness (QED) is 0.582. The van der Waals surface area contributed by atoms with Gasteiger partial charge in [0.2, 0.25) is 0 Å². The van der Waals surface area contributed by atoms with Gasteiger partial charge in [-0.2, -0.15) is 0 Å². The molecule has 122 valence electrons. The van der Waals surface area contributed by atoms with Crippen LogP contribution in [-0.4, -0.2) is 24.9 Å². The Kier molecular flexibility index (Phi) is 5.38. The molecule has 1 fully saturated rings. The van der Waals surface area contributed by atoms with Gasteiger partial charge in [-0.1, -0.05) is 42.6 Å². The molecule has 0 aliphatic carbocycles. The van der Waals surface area contributed by atoms with Crippen LogP contribution in [0.4, 0.5) is 0 Å². The number of hydrogen-bond acceptors (Lipinski definition) is 3. The van der Waals surface area contributed by atoms with Gasteiger partial charge in [-0.3, -0.25) is 0 Å². The molecule has 0 amide bonds. The summed E-state index contributed by atoms with van der Waals surface area (Å²) < 4.78 is 17.7. The van der Waals surface area contributed by atoms with E-state index in [4.69, 9.17) is 37.2 Å². The summed E-state index contributed by atoms with van der Waals surface area (Å²) in [5.74, 6) is 0.598. The van der Waals surface area contributed by atoms with E-state index in [9.17, 15) is 0 Å². The smallest absolute Gasteiger partial charge is 0.492 e. The highest BCUT2D eigenvalue weighted by molar-refractivity contribution is 6.66. The van der Waals surface area contributed by atoms with Gasteiger partial charge in [-0.15, -0.1) is 0 Å². The van der Waals surface area contributed by atoms with Crippen LogP contribution < -0.4 is 10.2 Å². The van der Waals surface area contributed by atoms with Crippen LogP contribution >= 0.6 is 23.2 Å². The molecule has 1 aliphatic heterocycles. The molecule has 0 saturated carbocycles. The summed E-state index contributed by atoms with van der Waals surface area (Å²) in [6.45, 7) is 10.8. The van der Waals surface area contributed by atoms with Gasteiger partial charge in [-0.25, -0.2) is 0 Å². The number of ether oxygens (including phenoxy) is 1.